The maximum atomic E-state index is 5.77. The Balaban J connectivity index is 2.32. The SMILES string of the molecule is Nc1ccnc2c1ncn2C1CC1. The molecule has 0 bridgehead atoms. The smallest absolute Gasteiger partial charge is 0.162 e. The number of nitrogen functional groups attached to an aromatic ring is 1. The van der Waals surface area contributed by atoms with Crippen molar-refractivity contribution in [1.82, 2.24) is 14.5 Å². The summed E-state index contributed by atoms with van der Waals surface area (Å²) in [6.45, 7) is 0. The predicted molar refractivity (Wildman–Crippen MR) is 50.2 cm³/mol. The zero-order valence-electron chi connectivity index (χ0n) is 7.14. The number of anilines is 1. The molecule has 1 aliphatic carbocycles. The Morgan fingerprint density at radius 1 is 1.38 bits per heavy atom. The molecule has 0 spiro atoms. The molecule has 2 heterocycles. The maximum absolute atomic E-state index is 5.77. The minimum atomic E-state index is 0.610. The van der Waals surface area contributed by atoms with E-state index in [0.717, 1.165) is 11.2 Å². The average Bonchev–Trinajstić information content (AvgIpc) is 2.87. The van der Waals surface area contributed by atoms with Gasteiger partial charge in [-0.1, -0.05) is 0 Å². The number of aromatic nitrogens is 3. The number of imidazole rings is 1. The minimum Gasteiger partial charge on any atom is -0.397 e. The van der Waals surface area contributed by atoms with Crippen LogP contribution in [0.4, 0.5) is 5.69 Å². The van der Waals surface area contributed by atoms with E-state index in [4.69, 9.17) is 5.73 Å². The van der Waals surface area contributed by atoms with Crippen molar-refractivity contribution in [3.05, 3.63) is 18.6 Å². The highest BCUT2D eigenvalue weighted by Gasteiger charge is 2.25. The number of rotatable bonds is 1. The highest BCUT2D eigenvalue weighted by Crippen LogP contribution is 2.36. The summed E-state index contributed by atoms with van der Waals surface area (Å²) in [5.74, 6) is 0. The van der Waals surface area contributed by atoms with Gasteiger partial charge in [0, 0.05) is 12.2 Å². The van der Waals surface area contributed by atoms with Gasteiger partial charge in [-0.2, -0.15) is 0 Å². The van der Waals surface area contributed by atoms with Gasteiger partial charge in [-0.3, -0.25) is 0 Å². The molecule has 0 aromatic carbocycles. The first-order valence-corrected chi connectivity index (χ1v) is 4.43. The first-order valence-electron chi connectivity index (χ1n) is 4.43. The van der Waals surface area contributed by atoms with E-state index in [-0.39, 0.29) is 0 Å². The van der Waals surface area contributed by atoms with E-state index in [1.807, 2.05) is 6.33 Å². The van der Waals surface area contributed by atoms with Gasteiger partial charge in [0.05, 0.1) is 12.0 Å². The molecule has 13 heavy (non-hydrogen) atoms. The summed E-state index contributed by atoms with van der Waals surface area (Å²) in [6.07, 6.45) is 6.05. The van der Waals surface area contributed by atoms with Crippen LogP contribution in [-0.4, -0.2) is 14.5 Å². The Bertz CT molecular complexity index is 456. The van der Waals surface area contributed by atoms with Crippen LogP contribution in [-0.2, 0) is 0 Å². The van der Waals surface area contributed by atoms with E-state index in [2.05, 4.69) is 14.5 Å². The van der Waals surface area contributed by atoms with Crippen molar-refractivity contribution in [2.45, 2.75) is 18.9 Å². The van der Waals surface area contributed by atoms with Gasteiger partial charge >= 0.3 is 0 Å². The van der Waals surface area contributed by atoms with Crippen LogP contribution in [0.25, 0.3) is 11.2 Å². The van der Waals surface area contributed by atoms with E-state index in [9.17, 15) is 0 Å². The van der Waals surface area contributed by atoms with Crippen LogP contribution in [0.1, 0.15) is 18.9 Å². The molecule has 0 radical (unpaired) electrons. The van der Waals surface area contributed by atoms with Crippen LogP contribution in [0, 0.1) is 0 Å². The molecule has 1 saturated carbocycles. The number of fused-ring (bicyclic) bond motifs is 1. The highest BCUT2D eigenvalue weighted by molar-refractivity contribution is 5.83. The van der Waals surface area contributed by atoms with E-state index in [1.165, 1.54) is 12.8 Å². The zero-order chi connectivity index (χ0) is 8.84. The molecule has 0 saturated heterocycles. The molecule has 4 heteroatoms. The summed E-state index contributed by atoms with van der Waals surface area (Å²) < 4.78 is 2.12. The molecule has 1 fully saturated rings. The lowest BCUT2D eigenvalue weighted by molar-refractivity contribution is 0.757. The molecule has 2 aromatic heterocycles. The molecule has 66 valence electrons. The third-order valence-electron chi connectivity index (χ3n) is 2.43. The second-order valence-corrected chi connectivity index (χ2v) is 3.46. The van der Waals surface area contributed by atoms with Crippen LogP contribution in [0.5, 0.6) is 0 Å². The van der Waals surface area contributed by atoms with E-state index < -0.39 is 0 Å². The van der Waals surface area contributed by atoms with Crippen molar-refractivity contribution in [1.29, 1.82) is 0 Å². The minimum absolute atomic E-state index is 0.610. The number of hydrogen-bond acceptors (Lipinski definition) is 3. The zero-order valence-corrected chi connectivity index (χ0v) is 7.14. The largest absolute Gasteiger partial charge is 0.397 e. The van der Waals surface area contributed by atoms with Crippen molar-refractivity contribution < 1.29 is 0 Å². The van der Waals surface area contributed by atoms with Crippen LogP contribution in [0.2, 0.25) is 0 Å². The molecule has 1 aliphatic rings. The summed E-state index contributed by atoms with van der Waals surface area (Å²) in [4.78, 5) is 8.54. The first-order chi connectivity index (χ1) is 6.36. The lowest BCUT2D eigenvalue weighted by Crippen LogP contribution is -1.94. The monoisotopic (exact) mass is 174 g/mol. The highest BCUT2D eigenvalue weighted by atomic mass is 15.1. The lowest BCUT2D eigenvalue weighted by Gasteiger charge is -1.99. The first kappa shape index (κ1) is 6.88. The fraction of sp³-hybridized carbons (Fsp3) is 0.333. The molecule has 2 N–H and O–H groups in total. The Kier molecular flexibility index (Phi) is 1.17. The third kappa shape index (κ3) is 0.915. The molecule has 3 rings (SSSR count). The van der Waals surface area contributed by atoms with Gasteiger partial charge in [-0.05, 0) is 18.9 Å². The Hall–Kier alpha value is -1.58. The van der Waals surface area contributed by atoms with Gasteiger partial charge in [-0.25, -0.2) is 9.97 Å². The fourth-order valence-electron chi connectivity index (χ4n) is 1.57. The van der Waals surface area contributed by atoms with Crippen molar-refractivity contribution in [2.24, 2.45) is 0 Å². The number of nitrogens with two attached hydrogens (primary N) is 1. The van der Waals surface area contributed by atoms with Crippen molar-refractivity contribution >= 4 is 16.9 Å². The maximum Gasteiger partial charge on any atom is 0.162 e. The molecule has 2 aromatic rings. The Labute approximate surface area is 75.4 Å². The Morgan fingerprint density at radius 3 is 3.00 bits per heavy atom. The van der Waals surface area contributed by atoms with Crippen LogP contribution in [0.15, 0.2) is 18.6 Å². The van der Waals surface area contributed by atoms with Crippen LogP contribution in [0.3, 0.4) is 0 Å². The fourth-order valence-corrected chi connectivity index (χ4v) is 1.57. The summed E-state index contributed by atoms with van der Waals surface area (Å²) in [5, 5.41) is 0. The van der Waals surface area contributed by atoms with Crippen molar-refractivity contribution in [3.8, 4) is 0 Å². The second kappa shape index (κ2) is 2.22. The standard InChI is InChI=1S/C9H10N4/c10-7-3-4-11-9-8(7)12-5-13(9)6-1-2-6/h3-6H,1-2H2,(H2,10,11). The summed E-state index contributed by atoms with van der Waals surface area (Å²) in [6, 6.07) is 2.39. The summed E-state index contributed by atoms with van der Waals surface area (Å²) in [7, 11) is 0. The van der Waals surface area contributed by atoms with Crippen LogP contribution < -0.4 is 5.73 Å². The topological polar surface area (TPSA) is 56.7 Å². The average molecular weight is 174 g/mol. The van der Waals surface area contributed by atoms with E-state index in [1.54, 1.807) is 12.3 Å². The van der Waals surface area contributed by atoms with Crippen molar-refractivity contribution in [3.63, 3.8) is 0 Å². The number of nitrogens with zero attached hydrogens (tertiary/aromatic N) is 3. The molecule has 0 aliphatic heterocycles. The van der Waals surface area contributed by atoms with E-state index >= 15 is 0 Å². The second-order valence-electron chi connectivity index (χ2n) is 3.46. The molecular formula is C9H10N4. The molecule has 0 atom stereocenters. The summed E-state index contributed by atoms with van der Waals surface area (Å²) >= 11 is 0. The number of hydrogen-bond donors (Lipinski definition) is 1. The Morgan fingerprint density at radius 2 is 2.23 bits per heavy atom. The van der Waals surface area contributed by atoms with Gasteiger partial charge in [-0.15, -0.1) is 0 Å². The predicted octanol–water partition coefficient (Wildman–Crippen LogP) is 1.35. The molecule has 4 nitrogen and oxygen atoms in total. The normalized spacial score (nSPS) is 16.6. The van der Waals surface area contributed by atoms with Gasteiger partial charge < -0.3 is 10.3 Å². The van der Waals surface area contributed by atoms with Gasteiger partial charge in [0.2, 0.25) is 0 Å². The quantitative estimate of drug-likeness (QED) is 0.709. The van der Waals surface area contributed by atoms with Crippen molar-refractivity contribution in [2.75, 3.05) is 5.73 Å². The lowest BCUT2D eigenvalue weighted by atomic mass is 10.4. The van der Waals surface area contributed by atoms with Crippen LogP contribution >= 0.6 is 0 Å². The van der Waals surface area contributed by atoms with Gasteiger partial charge in [0.1, 0.15) is 5.52 Å². The number of pyridine rings is 1. The third-order valence-corrected chi connectivity index (χ3v) is 2.43. The van der Waals surface area contributed by atoms with Gasteiger partial charge in [0.25, 0.3) is 0 Å². The van der Waals surface area contributed by atoms with Gasteiger partial charge in [0.15, 0.2) is 5.65 Å². The summed E-state index contributed by atoms with van der Waals surface area (Å²) in [5.41, 5.74) is 8.23. The molecular weight excluding hydrogens is 164 g/mol. The molecule has 0 amide bonds. The molecule has 0 unspecified atom stereocenters. The van der Waals surface area contributed by atoms with E-state index in [0.29, 0.717) is 11.7 Å².